The molecule has 1 aromatic heterocycles. The molecule has 0 saturated carbocycles. The number of rotatable bonds is 7. The number of nitrogens with one attached hydrogen (secondary N) is 1. The van der Waals surface area contributed by atoms with E-state index in [1.54, 1.807) is 6.08 Å². The Morgan fingerprint density at radius 2 is 2.19 bits per heavy atom. The minimum Gasteiger partial charge on any atom is -0.352 e. The van der Waals surface area contributed by atoms with Crippen LogP contribution in [0.4, 0.5) is 5.95 Å². The third kappa shape index (κ3) is 4.22. The first-order valence-corrected chi connectivity index (χ1v) is 9.87. The van der Waals surface area contributed by atoms with Crippen LogP contribution < -0.4 is 10.2 Å². The van der Waals surface area contributed by atoms with Crippen LogP contribution in [0.1, 0.15) is 19.8 Å². The summed E-state index contributed by atoms with van der Waals surface area (Å²) < 4.78 is 1.99. The highest BCUT2D eigenvalue weighted by atomic mass is 35.5. The first-order valence-electron chi connectivity index (χ1n) is 8.61. The normalized spacial score (nSPS) is 15.1. The van der Waals surface area contributed by atoms with E-state index in [0.29, 0.717) is 16.7 Å². The average molecular weight is 392 g/mol. The molecule has 3 rings (SSSR count). The van der Waals surface area contributed by atoms with Crippen molar-refractivity contribution in [2.45, 2.75) is 30.2 Å². The molecule has 1 fully saturated rings. The summed E-state index contributed by atoms with van der Waals surface area (Å²) in [4.78, 5) is 14.4. The third-order valence-corrected chi connectivity index (χ3v) is 5.42. The van der Waals surface area contributed by atoms with Gasteiger partial charge in [-0.2, -0.15) is 0 Å². The number of halogens is 1. The first kappa shape index (κ1) is 18.8. The highest BCUT2D eigenvalue weighted by Gasteiger charge is 2.25. The van der Waals surface area contributed by atoms with Crippen molar-refractivity contribution in [1.29, 1.82) is 0 Å². The Balaban J connectivity index is 1.92. The zero-order chi connectivity index (χ0) is 18.5. The molecule has 138 valence electrons. The standard InChI is InChI=1S/C18H22ClN5OS/c1-3-9-20-16(25)13(2)26-18-22-21-17(23-10-4-5-11-23)24(18)15-8-6-7-14(19)12-15/h3,6-8,12-13H,1,4-5,9-11H2,2H3,(H,20,25). The van der Waals surface area contributed by atoms with Gasteiger partial charge in [0.2, 0.25) is 11.9 Å². The second-order valence-electron chi connectivity index (χ2n) is 6.09. The van der Waals surface area contributed by atoms with E-state index in [2.05, 4.69) is 27.0 Å². The van der Waals surface area contributed by atoms with Gasteiger partial charge in [0.05, 0.1) is 10.9 Å². The van der Waals surface area contributed by atoms with Gasteiger partial charge in [-0.25, -0.2) is 0 Å². The molecule has 1 aliphatic rings. The molecule has 1 aliphatic heterocycles. The Bertz CT molecular complexity index is 788. The van der Waals surface area contributed by atoms with Gasteiger partial charge in [-0.1, -0.05) is 35.5 Å². The van der Waals surface area contributed by atoms with Crippen molar-refractivity contribution in [2.24, 2.45) is 0 Å². The van der Waals surface area contributed by atoms with Gasteiger partial charge in [0.25, 0.3) is 0 Å². The molecular weight excluding hydrogens is 370 g/mol. The van der Waals surface area contributed by atoms with Crippen molar-refractivity contribution in [3.8, 4) is 5.69 Å². The summed E-state index contributed by atoms with van der Waals surface area (Å²) in [5.41, 5.74) is 0.894. The molecule has 1 atom stereocenters. The van der Waals surface area contributed by atoms with Crippen LogP contribution in [-0.2, 0) is 4.79 Å². The van der Waals surface area contributed by atoms with E-state index in [1.165, 1.54) is 11.8 Å². The summed E-state index contributed by atoms with van der Waals surface area (Å²) in [6, 6.07) is 7.60. The van der Waals surface area contributed by atoms with Gasteiger partial charge in [0.1, 0.15) is 0 Å². The summed E-state index contributed by atoms with van der Waals surface area (Å²) in [6.45, 7) is 7.84. The predicted molar refractivity (Wildman–Crippen MR) is 106 cm³/mol. The maximum absolute atomic E-state index is 12.2. The van der Waals surface area contributed by atoms with Crippen LogP contribution in [0.5, 0.6) is 0 Å². The molecule has 6 nitrogen and oxygen atoms in total. The number of anilines is 1. The zero-order valence-electron chi connectivity index (χ0n) is 14.7. The molecule has 2 aromatic rings. The largest absolute Gasteiger partial charge is 0.352 e. The smallest absolute Gasteiger partial charge is 0.233 e. The van der Waals surface area contributed by atoms with Crippen molar-refractivity contribution >= 4 is 35.2 Å². The van der Waals surface area contributed by atoms with Gasteiger partial charge in [-0.3, -0.25) is 9.36 Å². The molecule has 0 radical (unpaired) electrons. The van der Waals surface area contributed by atoms with Gasteiger partial charge in [-0.05, 0) is 38.0 Å². The van der Waals surface area contributed by atoms with E-state index in [1.807, 2.05) is 35.8 Å². The van der Waals surface area contributed by atoms with Crippen LogP contribution in [0.25, 0.3) is 5.69 Å². The van der Waals surface area contributed by atoms with Gasteiger partial charge in [-0.15, -0.1) is 16.8 Å². The fourth-order valence-electron chi connectivity index (χ4n) is 2.83. The summed E-state index contributed by atoms with van der Waals surface area (Å²) in [5, 5.41) is 12.6. The molecule has 1 saturated heterocycles. The van der Waals surface area contributed by atoms with Crippen molar-refractivity contribution in [3.63, 3.8) is 0 Å². The van der Waals surface area contributed by atoms with Crippen molar-refractivity contribution < 1.29 is 4.79 Å². The molecule has 1 aromatic carbocycles. The second-order valence-corrected chi connectivity index (χ2v) is 7.83. The number of carbonyl (C=O) groups is 1. The Morgan fingerprint density at radius 1 is 1.42 bits per heavy atom. The number of amides is 1. The lowest BCUT2D eigenvalue weighted by Crippen LogP contribution is -2.31. The van der Waals surface area contributed by atoms with E-state index < -0.39 is 0 Å². The monoisotopic (exact) mass is 391 g/mol. The lowest BCUT2D eigenvalue weighted by atomic mass is 10.3. The fraction of sp³-hybridized carbons (Fsp3) is 0.389. The van der Waals surface area contributed by atoms with Gasteiger partial charge in [0, 0.05) is 24.7 Å². The molecule has 8 heteroatoms. The summed E-state index contributed by atoms with van der Waals surface area (Å²) in [7, 11) is 0. The molecule has 26 heavy (non-hydrogen) atoms. The Labute approximate surface area is 162 Å². The number of nitrogens with zero attached hydrogens (tertiary/aromatic N) is 4. The molecule has 0 bridgehead atoms. The number of thioether (sulfide) groups is 1. The fourth-order valence-corrected chi connectivity index (χ4v) is 3.90. The highest BCUT2D eigenvalue weighted by molar-refractivity contribution is 8.00. The van der Waals surface area contributed by atoms with Gasteiger partial charge in [0.15, 0.2) is 5.16 Å². The van der Waals surface area contributed by atoms with Crippen LogP contribution in [0.15, 0.2) is 42.1 Å². The number of hydrogen-bond acceptors (Lipinski definition) is 5. The maximum atomic E-state index is 12.2. The zero-order valence-corrected chi connectivity index (χ0v) is 16.3. The van der Waals surface area contributed by atoms with Crippen molar-refractivity contribution in [3.05, 3.63) is 41.9 Å². The number of aromatic nitrogens is 3. The molecule has 0 spiro atoms. The van der Waals surface area contributed by atoms with Crippen LogP contribution >= 0.6 is 23.4 Å². The van der Waals surface area contributed by atoms with Gasteiger partial charge < -0.3 is 10.2 Å². The summed E-state index contributed by atoms with van der Waals surface area (Å²) in [5.74, 6) is 0.740. The first-order chi connectivity index (χ1) is 12.6. The lowest BCUT2D eigenvalue weighted by Gasteiger charge is -2.19. The minimum atomic E-state index is -0.302. The average Bonchev–Trinajstić information content (AvgIpc) is 3.29. The Morgan fingerprint density at radius 3 is 2.88 bits per heavy atom. The van der Waals surface area contributed by atoms with Crippen LogP contribution in [-0.4, -0.2) is 45.6 Å². The molecule has 0 aliphatic carbocycles. The third-order valence-electron chi connectivity index (χ3n) is 4.14. The second kappa shape index (κ2) is 8.60. The number of carbonyl (C=O) groups excluding carboxylic acids is 1. The summed E-state index contributed by atoms with van der Waals surface area (Å²) in [6.07, 6.45) is 3.95. The summed E-state index contributed by atoms with van der Waals surface area (Å²) >= 11 is 7.57. The Hall–Kier alpha value is -1.99. The minimum absolute atomic E-state index is 0.0572. The van der Waals surface area contributed by atoms with Crippen LogP contribution in [0.3, 0.4) is 0 Å². The van der Waals surface area contributed by atoms with Crippen LogP contribution in [0, 0.1) is 0 Å². The number of hydrogen-bond donors (Lipinski definition) is 1. The van der Waals surface area contributed by atoms with E-state index in [0.717, 1.165) is 37.6 Å². The predicted octanol–water partition coefficient (Wildman–Crippen LogP) is 3.30. The molecule has 1 amide bonds. The highest BCUT2D eigenvalue weighted by Crippen LogP contribution is 2.31. The van der Waals surface area contributed by atoms with Crippen molar-refractivity contribution in [2.75, 3.05) is 24.5 Å². The quantitative estimate of drug-likeness (QED) is 0.579. The van der Waals surface area contributed by atoms with E-state index in [9.17, 15) is 4.79 Å². The SMILES string of the molecule is C=CCNC(=O)C(C)Sc1nnc(N2CCCC2)n1-c1cccc(Cl)c1. The molecule has 1 N–H and O–H groups in total. The molecule has 2 heterocycles. The van der Waals surface area contributed by atoms with E-state index >= 15 is 0 Å². The maximum Gasteiger partial charge on any atom is 0.233 e. The topological polar surface area (TPSA) is 63.1 Å². The molecule has 1 unspecified atom stereocenters. The van der Waals surface area contributed by atoms with Gasteiger partial charge >= 0.3 is 0 Å². The Kier molecular flexibility index (Phi) is 6.21. The van der Waals surface area contributed by atoms with E-state index in [4.69, 9.17) is 11.6 Å². The van der Waals surface area contributed by atoms with Crippen LogP contribution in [0.2, 0.25) is 5.02 Å². The number of benzene rings is 1. The van der Waals surface area contributed by atoms with Crippen molar-refractivity contribution in [1.82, 2.24) is 20.1 Å². The lowest BCUT2D eigenvalue weighted by molar-refractivity contribution is -0.120. The van der Waals surface area contributed by atoms with E-state index in [-0.39, 0.29) is 11.2 Å². The molecular formula is C18H22ClN5OS.